The molecular formula is C23H32N2O. The molecule has 3 nitrogen and oxygen atoms in total. The Bertz CT molecular complexity index is 730. The van der Waals surface area contributed by atoms with Crippen LogP contribution in [-0.4, -0.2) is 35.7 Å². The Labute approximate surface area is 158 Å². The topological polar surface area (TPSA) is 35.5 Å². The van der Waals surface area contributed by atoms with Crippen molar-refractivity contribution in [2.45, 2.75) is 57.7 Å². The number of hydrogen-bond donors (Lipinski definition) is 2. The van der Waals surface area contributed by atoms with Gasteiger partial charge in [-0.05, 0) is 55.3 Å². The molecule has 0 radical (unpaired) electrons. The van der Waals surface area contributed by atoms with E-state index in [9.17, 15) is 5.11 Å². The molecule has 0 heterocycles. The van der Waals surface area contributed by atoms with E-state index < -0.39 is 0 Å². The highest BCUT2D eigenvalue weighted by Gasteiger charge is 2.45. The van der Waals surface area contributed by atoms with Crippen LogP contribution in [0.3, 0.4) is 0 Å². The molecule has 3 rings (SSSR count). The Hall–Kier alpha value is -1.84. The second kappa shape index (κ2) is 7.81. The molecule has 0 saturated carbocycles. The van der Waals surface area contributed by atoms with Crippen LogP contribution >= 0.6 is 0 Å². The number of hydrogen-bond acceptors (Lipinski definition) is 3. The van der Waals surface area contributed by atoms with Gasteiger partial charge in [0.05, 0.1) is 0 Å². The number of aromatic hydroxyl groups is 1. The van der Waals surface area contributed by atoms with E-state index in [1.165, 1.54) is 16.7 Å². The van der Waals surface area contributed by atoms with Crippen LogP contribution < -0.4 is 5.32 Å². The molecule has 0 saturated heterocycles. The van der Waals surface area contributed by atoms with Crippen LogP contribution in [0, 0.1) is 0 Å². The fourth-order valence-electron chi connectivity index (χ4n) is 4.45. The predicted octanol–water partition coefficient (Wildman–Crippen LogP) is 4.09. The van der Waals surface area contributed by atoms with Gasteiger partial charge in [-0.3, -0.25) is 0 Å². The van der Waals surface area contributed by atoms with Gasteiger partial charge in [-0.15, -0.1) is 0 Å². The molecule has 3 atom stereocenters. The van der Waals surface area contributed by atoms with Crippen LogP contribution in [0.2, 0.25) is 0 Å². The van der Waals surface area contributed by atoms with Crippen molar-refractivity contribution in [3.05, 3.63) is 65.2 Å². The molecule has 2 aromatic carbocycles. The van der Waals surface area contributed by atoms with Crippen molar-refractivity contribution in [3.63, 3.8) is 0 Å². The Morgan fingerprint density at radius 1 is 1.15 bits per heavy atom. The summed E-state index contributed by atoms with van der Waals surface area (Å²) in [6.45, 7) is 8.73. The molecule has 0 aliphatic heterocycles. The van der Waals surface area contributed by atoms with Gasteiger partial charge in [-0.2, -0.15) is 0 Å². The van der Waals surface area contributed by atoms with Gasteiger partial charge in [0.1, 0.15) is 5.75 Å². The zero-order valence-electron chi connectivity index (χ0n) is 16.5. The normalized spacial score (nSPS) is 25.3. The Kier molecular flexibility index (Phi) is 5.69. The van der Waals surface area contributed by atoms with Crippen molar-refractivity contribution in [2.24, 2.45) is 0 Å². The number of nitrogens with one attached hydrogen (secondary N) is 1. The first-order chi connectivity index (χ1) is 12.5. The molecule has 140 valence electrons. The highest BCUT2D eigenvalue weighted by molar-refractivity contribution is 5.44. The number of likely N-dealkylation sites (N-methyl/N-ethyl adjacent to an activating group) is 1. The average Bonchev–Trinajstić information content (AvgIpc) is 2.67. The highest BCUT2D eigenvalue weighted by Crippen LogP contribution is 2.42. The quantitative estimate of drug-likeness (QED) is 0.822. The van der Waals surface area contributed by atoms with Gasteiger partial charge < -0.3 is 15.3 Å². The second-order valence-electron chi connectivity index (χ2n) is 7.80. The molecule has 3 heteroatoms. The maximum absolute atomic E-state index is 10.1. The molecule has 1 aliphatic carbocycles. The SMILES string of the molecule is CCN(C)C1Cc2ccc(O)cc2[C@@](C)(CC)[C@H]1NCc1ccccc1. The van der Waals surface area contributed by atoms with E-state index in [2.05, 4.69) is 74.4 Å². The maximum Gasteiger partial charge on any atom is 0.115 e. The summed E-state index contributed by atoms with van der Waals surface area (Å²) in [5, 5.41) is 14.0. The number of rotatable bonds is 6. The summed E-state index contributed by atoms with van der Waals surface area (Å²) >= 11 is 0. The number of fused-ring (bicyclic) bond motifs is 1. The first-order valence-corrected chi connectivity index (χ1v) is 9.79. The summed E-state index contributed by atoms with van der Waals surface area (Å²) in [4.78, 5) is 2.46. The fraction of sp³-hybridized carbons (Fsp3) is 0.478. The maximum atomic E-state index is 10.1. The molecule has 0 aromatic heterocycles. The fourth-order valence-corrected chi connectivity index (χ4v) is 4.45. The van der Waals surface area contributed by atoms with Crippen molar-refractivity contribution < 1.29 is 5.11 Å². The number of phenolic OH excluding ortho intramolecular Hbond substituents is 1. The van der Waals surface area contributed by atoms with Crippen LogP contribution in [0.4, 0.5) is 0 Å². The molecule has 0 spiro atoms. The summed E-state index contributed by atoms with van der Waals surface area (Å²) in [5.74, 6) is 0.368. The van der Waals surface area contributed by atoms with Crippen LogP contribution in [0.25, 0.3) is 0 Å². The predicted molar refractivity (Wildman–Crippen MR) is 109 cm³/mol. The van der Waals surface area contributed by atoms with Gasteiger partial charge in [0, 0.05) is 24.0 Å². The summed E-state index contributed by atoms with van der Waals surface area (Å²) in [6.07, 6.45) is 2.05. The van der Waals surface area contributed by atoms with Crippen molar-refractivity contribution in [1.82, 2.24) is 10.2 Å². The number of phenols is 1. The molecule has 1 aliphatic rings. The molecule has 0 amide bonds. The van der Waals surface area contributed by atoms with Gasteiger partial charge >= 0.3 is 0 Å². The molecular weight excluding hydrogens is 320 g/mol. The largest absolute Gasteiger partial charge is 0.508 e. The minimum atomic E-state index is -0.0187. The third kappa shape index (κ3) is 3.51. The number of benzene rings is 2. The van der Waals surface area contributed by atoms with Crippen LogP contribution in [-0.2, 0) is 18.4 Å². The molecule has 0 fully saturated rings. The smallest absolute Gasteiger partial charge is 0.115 e. The minimum absolute atomic E-state index is 0.0187. The Morgan fingerprint density at radius 3 is 2.54 bits per heavy atom. The Morgan fingerprint density at radius 2 is 1.88 bits per heavy atom. The highest BCUT2D eigenvalue weighted by atomic mass is 16.3. The van der Waals surface area contributed by atoms with Crippen LogP contribution in [0.1, 0.15) is 43.9 Å². The standard InChI is InChI=1S/C23H32N2O/c1-5-23(3)20-15-19(26)13-12-18(20)14-21(25(4)6-2)22(23)24-16-17-10-8-7-9-11-17/h7-13,15,21-22,24,26H,5-6,14,16H2,1-4H3/t21?,22-,23+/m0/s1. The molecule has 2 N–H and O–H groups in total. The second-order valence-corrected chi connectivity index (χ2v) is 7.80. The van der Waals surface area contributed by atoms with E-state index in [-0.39, 0.29) is 5.41 Å². The lowest BCUT2D eigenvalue weighted by Crippen LogP contribution is -2.61. The van der Waals surface area contributed by atoms with Crippen molar-refractivity contribution >= 4 is 0 Å². The van der Waals surface area contributed by atoms with E-state index in [1.807, 2.05) is 12.1 Å². The van der Waals surface area contributed by atoms with Crippen LogP contribution in [0.5, 0.6) is 5.75 Å². The lowest BCUT2D eigenvalue weighted by molar-refractivity contribution is 0.128. The average molecular weight is 353 g/mol. The minimum Gasteiger partial charge on any atom is -0.508 e. The van der Waals surface area contributed by atoms with Crippen LogP contribution in [0.15, 0.2) is 48.5 Å². The zero-order chi connectivity index (χ0) is 18.7. The zero-order valence-corrected chi connectivity index (χ0v) is 16.5. The van der Waals surface area contributed by atoms with E-state index >= 15 is 0 Å². The van der Waals surface area contributed by atoms with Gasteiger partial charge in [0.25, 0.3) is 0 Å². The van der Waals surface area contributed by atoms with Gasteiger partial charge in [0.15, 0.2) is 0 Å². The van der Waals surface area contributed by atoms with E-state index in [4.69, 9.17) is 0 Å². The Balaban J connectivity index is 1.98. The van der Waals surface area contributed by atoms with E-state index in [1.54, 1.807) is 0 Å². The molecule has 2 aromatic rings. The lowest BCUT2D eigenvalue weighted by Gasteiger charge is -2.50. The summed E-state index contributed by atoms with van der Waals surface area (Å²) in [6, 6.07) is 17.3. The van der Waals surface area contributed by atoms with Crippen molar-refractivity contribution in [1.29, 1.82) is 0 Å². The summed E-state index contributed by atoms with van der Waals surface area (Å²) in [5.41, 5.74) is 3.96. The number of nitrogens with zero attached hydrogens (tertiary/aromatic N) is 1. The summed E-state index contributed by atoms with van der Waals surface area (Å²) in [7, 11) is 2.23. The van der Waals surface area contributed by atoms with Gasteiger partial charge in [-0.25, -0.2) is 0 Å². The van der Waals surface area contributed by atoms with Crippen molar-refractivity contribution in [2.75, 3.05) is 13.6 Å². The molecule has 26 heavy (non-hydrogen) atoms. The lowest BCUT2D eigenvalue weighted by atomic mass is 9.64. The third-order valence-corrected chi connectivity index (χ3v) is 6.38. The first-order valence-electron chi connectivity index (χ1n) is 9.79. The first kappa shape index (κ1) is 18.9. The molecule has 0 bridgehead atoms. The van der Waals surface area contributed by atoms with E-state index in [0.29, 0.717) is 17.8 Å². The van der Waals surface area contributed by atoms with Gasteiger partial charge in [-0.1, -0.05) is 57.2 Å². The summed E-state index contributed by atoms with van der Waals surface area (Å²) < 4.78 is 0. The monoisotopic (exact) mass is 352 g/mol. The third-order valence-electron chi connectivity index (χ3n) is 6.38. The molecule has 1 unspecified atom stereocenters. The van der Waals surface area contributed by atoms with Gasteiger partial charge in [0.2, 0.25) is 0 Å². The van der Waals surface area contributed by atoms with Crippen molar-refractivity contribution in [3.8, 4) is 5.75 Å². The van der Waals surface area contributed by atoms with E-state index in [0.717, 1.165) is 25.9 Å².